The molecule has 1 aliphatic heterocycles. The molecule has 3 aromatic rings. The monoisotopic (exact) mass is 436 g/mol. The van der Waals surface area contributed by atoms with Gasteiger partial charge in [0.2, 0.25) is 5.91 Å². The van der Waals surface area contributed by atoms with Crippen molar-refractivity contribution in [2.75, 3.05) is 36.9 Å². The van der Waals surface area contributed by atoms with E-state index in [1.165, 1.54) is 11.3 Å². The Bertz CT molecular complexity index is 1030. The third kappa shape index (κ3) is 5.97. The number of nitrogens with one attached hydrogen (secondary N) is 2. The van der Waals surface area contributed by atoms with Gasteiger partial charge >= 0.3 is 0 Å². The number of aromatic nitrogens is 1. The predicted molar refractivity (Wildman–Crippen MR) is 121 cm³/mol. The van der Waals surface area contributed by atoms with Gasteiger partial charge in [0.15, 0.2) is 5.13 Å². The number of benzene rings is 2. The zero-order chi connectivity index (χ0) is 21.5. The van der Waals surface area contributed by atoms with E-state index in [-0.39, 0.29) is 18.2 Å². The maximum Gasteiger partial charge on any atom is 0.259 e. The van der Waals surface area contributed by atoms with Crippen LogP contribution in [0.4, 0.5) is 10.8 Å². The molecule has 31 heavy (non-hydrogen) atoms. The molecule has 7 nitrogen and oxygen atoms in total. The minimum atomic E-state index is -0.303. The molecule has 0 unspecified atom stereocenters. The quantitative estimate of drug-likeness (QED) is 0.593. The van der Waals surface area contributed by atoms with Crippen molar-refractivity contribution in [3.8, 4) is 0 Å². The average molecular weight is 437 g/mol. The van der Waals surface area contributed by atoms with Crippen LogP contribution < -0.4 is 10.6 Å². The van der Waals surface area contributed by atoms with E-state index in [0.717, 1.165) is 44.1 Å². The molecule has 2 aromatic carbocycles. The summed E-state index contributed by atoms with van der Waals surface area (Å²) in [6.07, 6.45) is 0.244. The minimum Gasteiger partial charge on any atom is -0.379 e. The summed E-state index contributed by atoms with van der Waals surface area (Å²) in [4.78, 5) is 32.1. The molecule has 1 fully saturated rings. The fourth-order valence-corrected chi connectivity index (χ4v) is 4.05. The van der Waals surface area contributed by atoms with Crippen molar-refractivity contribution in [3.63, 3.8) is 0 Å². The lowest BCUT2D eigenvalue weighted by atomic mass is 10.1. The molecule has 0 spiro atoms. The summed E-state index contributed by atoms with van der Waals surface area (Å²) in [5.74, 6) is -0.476. The van der Waals surface area contributed by atoms with Crippen LogP contribution in [0.1, 0.15) is 21.6 Å². The highest BCUT2D eigenvalue weighted by atomic mass is 32.1. The molecule has 4 rings (SSSR count). The SMILES string of the molecule is O=C(Cc1ccccc1)Nc1ccccc1C(=O)Nc1nc(CN2CCOCC2)cs1. The number of hydrogen-bond acceptors (Lipinski definition) is 6. The van der Waals surface area contributed by atoms with Crippen LogP contribution in [0.25, 0.3) is 0 Å². The smallest absolute Gasteiger partial charge is 0.259 e. The zero-order valence-electron chi connectivity index (χ0n) is 17.0. The summed E-state index contributed by atoms with van der Waals surface area (Å²) in [7, 11) is 0. The van der Waals surface area contributed by atoms with E-state index in [4.69, 9.17) is 4.74 Å². The van der Waals surface area contributed by atoms with Gasteiger partial charge < -0.3 is 10.1 Å². The second kappa shape index (κ2) is 10.3. The van der Waals surface area contributed by atoms with Crippen molar-refractivity contribution < 1.29 is 14.3 Å². The van der Waals surface area contributed by atoms with E-state index in [2.05, 4.69) is 20.5 Å². The number of anilines is 2. The first-order valence-corrected chi connectivity index (χ1v) is 11.0. The van der Waals surface area contributed by atoms with Crippen LogP contribution in [-0.4, -0.2) is 48.0 Å². The Balaban J connectivity index is 1.38. The Morgan fingerprint density at radius 2 is 1.74 bits per heavy atom. The van der Waals surface area contributed by atoms with Crippen molar-refractivity contribution in [1.29, 1.82) is 0 Å². The van der Waals surface area contributed by atoms with E-state index >= 15 is 0 Å². The number of hydrogen-bond donors (Lipinski definition) is 2. The number of amides is 2. The molecule has 1 saturated heterocycles. The Kier molecular flexibility index (Phi) is 7.03. The third-order valence-electron chi connectivity index (χ3n) is 4.91. The number of morpholine rings is 1. The van der Waals surface area contributed by atoms with Crippen LogP contribution in [0.3, 0.4) is 0 Å². The van der Waals surface area contributed by atoms with E-state index in [9.17, 15) is 9.59 Å². The van der Waals surface area contributed by atoms with Crippen LogP contribution in [0.2, 0.25) is 0 Å². The number of ether oxygens (including phenoxy) is 1. The van der Waals surface area contributed by atoms with Crippen LogP contribution in [0, 0.1) is 0 Å². The first-order chi connectivity index (χ1) is 15.2. The normalized spacial score (nSPS) is 14.2. The molecule has 1 aromatic heterocycles. The molecule has 2 heterocycles. The zero-order valence-corrected chi connectivity index (χ0v) is 17.9. The summed E-state index contributed by atoms with van der Waals surface area (Å²) >= 11 is 1.39. The first-order valence-electron chi connectivity index (χ1n) is 10.2. The molecule has 0 radical (unpaired) electrons. The van der Waals surface area contributed by atoms with Gasteiger partial charge in [-0.2, -0.15) is 0 Å². The predicted octanol–water partition coefficient (Wildman–Crippen LogP) is 3.41. The summed E-state index contributed by atoms with van der Waals surface area (Å²) in [6, 6.07) is 16.5. The topological polar surface area (TPSA) is 83.6 Å². The molecule has 2 amide bonds. The molecule has 0 saturated carbocycles. The maximum atomic E-state index is 12.9. The number of para-hydroxylation sites is 1. The minimum absolute atomic E-state index is 0.173. The summed E-state index contributed by atoms with van der Waals surface area (Å²) < 4.78 is 5.37. The van der Waals surface area contributed by atoms with Gasteiger partial charge in [0.05, 0.1) is 36.6 Å². The Morgan fingerprint density at radius 1 is 1.00 bits per heavy atom. The van der Waals surface area contributed by atoms with E-state index in [1.54, 1.807) is 24.3 Å². The highest BCUT2D eigenvalue weighted by Gasteiger charge is 2.16. The second-order valence-electron chi connectivity index (χ2n) is 7.24. The van der Waals surface area contributed by atoms with E-state index < -0.39 is 0 Å². The number of rotatable bonds is 7. The Labute approximate surface area is 185 Å². The molecule has 8 heteroatoms. The van der Waals surface area contributed by atoms with Crippen molar-refractivity contribution in [1.82, 2.24) is 9.88 Å². The molecular formula is C23H24N4O3S. The summed E-state index contributed by atoms with van der Waals surface area (Å²) in [5.41, 5.74) is 2.71. The molecule has 0 bridgehead atoms. The van der Waals surface area contributed by atoms with E-state index in [1.807, 2.05) is 35.7 Å². The number of nitrogens with zero attached hydrogens (tertiary/aromatic N) is 2. The lowest BCUT2D eigenvalue weighted by molar-refractivity contribution is -0.115. The van der Waals surface area contributed by atoms with Crippen molar-refractivity contribution in [2.45, 2.75) is 13.0 Å². The molecular weight excluding hydrogens is 412 g/mol. The maximum absolute atomic E-state index is 12.9. The fraction of sp³-hybridized carbons (Fsp3) is 0.261. The lowest BCUT2D eigenvalue weighted by Crippen LogP contribution is -2.35. The van der Waals surface area contributed by atoms with Crippen LogP contribution in [0.15, 0.2) is 60.0 Å². The largest absolute Gasteiger partial charge is 0.379 e. The Morgan fingerprint density at radius 3 is 2.55 bits per heavy atom. The van der Waals surface area contributed by atoms with Gasteiger partial charge in [-0.3, -0.25) is 19.8 Å². The van der Waals surface area contributed by atoms with Crippen LogP contribution in [0.5, 0.6) is 0 Å². The fourth-order valence-electron chi connectivity index (χ4n) is 3.36. The lowest BCUT2D eigenvalue weighted by Gasteiger charge is -2.25. The van der Waals surface area contributed by atoms with Gasteiger partial charge in [0.1, 0.15) is 0 Å². The number of carbonyl (C=O) groups is 2. The number of carbonyl (C=O) groups excluding carboxylic acids is 2. The molecule has 160 valence electrons. The van der Waals surface area contributed by atoms with Gasteiger partial charge in [0.25, 0.3) is 5.91 Å². The Hall–Kier alpha value is -3.07. The first kappa shape index (κ1) is 21.2. The molecule has 0 atom stereocenters. The van der Waals surface area contributed by atoms with Gasteiger partial charge in [-0.15, -0.1) is 11.3 Å². The number of thiazole rings is 1. The van der Waals surface area contributed by atoms with Crippen LogP contribution in [-0.2, 0) is 22.5 Å². The van der Waals surface area contributed by atoms with Gasteiger partial charge in [-0.05, 0) is 17.7 Å². The second-order valence-corrected chi connectivity index (χ2v) is 8.10. The van der Waals surface area contributed by atoms with Crippen molar-refractivity contribution >= 4 is 34.0 Å². The van der Waals surface area contributed by atoms with Gasteiger partial charge in [0, 0.05) is 25.0 Å². The molecule has 1 aliphatic rings. The van der Waals surface area contributed by atoms with Crippen molar-refractivity contribution in [2.24, 2.45) is 0 Å². The highest BCUT2D eigenvalue weighted by molar-refractivity contribution is 7.14. The van der Waals surface area contributed by atoms with Crippen LogP contribution >= 0.6 is 11.3 Å². The van der Waals surface area contributed by atoms with E-state index in [0.29, 0.717) is 16.4 Å². The standard InChI is InChI=1S/C23H24N4O3S/c28-21(14-17-6-2-1-3-7-17)25-20-9-5-4-8-19(20)22(29)26-23-24-18(16-31-23)15-27-10-12-30-13-11-27/h1-9,16H,10-15H2,(H,25,28)(H,24,26,29). The molecule has 0 aliphatic carbocycles. The molecule has 2 N–H and O–H groups in total. The van der Waals surface area contributed by atoms with Crippen molar-refractivity contribution in [3.05, 3.63) is 76.8 Å². The summed E-state index contributed by atoms with van der Waals surface area (Å²) in [6.45, 7) is 3.98. The van der Waals surface area contributed by atoms with Gasteiger partial charge in [-0.1, -0.05) is 42.5 Å². The average Bonchev–Trinajstić information content (AvgIpc) is 3.22. The highest BCUT2D eigenvalue weighted by Crippen LogP contribution is 2.21. The van der Waals surface area contributed by atoms with Gasteiger partial charge in [-0.25, -0.2) is 4.98 Å². The summed E-state index contributed by atoms with van der Waals surface area (Å²) in [5, 5.41) is 8.20. The third-order valence-corrected chi connectivity index (χ3v) is 5.72.